The van der Waals surface area contributed by atoms with Crippen LogP contribution in [0.4, 0.5) is 0 Å². The Bertz CT molecular complexity index is 301. The summed E-state index contributed by atoms with van der Waals surface area (Å²) < 4.78 is 0. The second-order valence-corrected chi connectivity index (χ2v) is 6.33. The van der Waals surface area contributed by atoms with Crippen LogP contribution < -0.4 is 10.6 Å². The van der Waals surface area contributed by atoms with Gasteiger partial charge in [0.1, 0.15) is 0 Å². The highest BCUT2D eigenvalue weighted by Gasteiger charge is 2.33. The maximum Gasteiger partial charge on any atom is 0.221 e. The van der Waals surface area contributed by atoms with Gasteiger partial charge in [-0.25, -0.2) is 0 Å². The number of aliphatic hydroxyl groups excluding tert-OH is 1. The molecule has 2 aliphatic carbocycles. The number of hydrogen-bond donors (Lipinski definition) is 3. The molecule has 2 unspecified atom stereocenters. The smallest absolute Gasteiger partial charge is 0.221 e. The summed E-state index contributed by atoms with van der Waals surface area (Å²) in [4.78, 5) is 12.1. The van der Waals surface area contributed by atoms with Crippen molar-refractivity contribution in [1.29, 1.82) is 0 Å². The molecule has 3 N–H and O–H groups in total. The van der Waals surface area contributed by atoms with Crippen LogP contribution in [0.3, 0.4) is 0 Å². The third kappa shape index (κ3) is 3.93. The SMILES string of the molecule is CNC1(CC(=O)NCC2CCCC2O)CCCCC1. The average molecular weight is 268 g/mol. The molecular formula is C15H28N2O2. The zero-order valence-corrected chi connectivity index (χ0v) is 12.1. The van der Waals surface area contributed by atoms with Gasteiger partial charge in [-0.3, -0.25) is 4.79 Å². The van der Waals surface area contributed by atoms with Gasteiger partial charge in [0, 0.05) is 24.4 Å². The monoisotopic (exact) mass is 268 g/mol. The molecule has 0 aromatic carbocycles. The minimum atomic E-state index is -0.215. The Balaban J connectivity index is 1.76. The van der Waals surface area contributed by atoms with Gasteiger partial charge in [0.2, 0.25) is 5.91 Å². The van der Waals surface area contributed by atoms with Crippen molar-refractivity contribution in [1.82, 2.24) is 10.6 Å². The van der Waals surface area contributed by atoms with Gasteiger partial charge in [0.25, 0.3) is 0 Å². The largest absolute Gasteiger partial charge is 0.393 e. The van der Waals surface area contributed by atoms with Crippen LogP contribution in [0.2, 0.25) is 0 Å². The molecule has 0 aromatic heterocycles. The zero-order valence-electron chi connectivity index (χ0n) is 12.1. The van der Waals surface area contributed by atoms with E-state index in [1.807, 2.05) is 7.05 Å². The summed E-state index contributed by atoms with van der Waals surface area (Å²) in [5, 5.41) is 16.2. The molecule has 0 saturated heterocycles. The van der Waals surface area contributed by atoms with Crippen LogP contribution in [0.1, 0.15) is 57.8 Å². The van der Waals surface area contributed by atoms with Crippen LogP contribution in [0.5, 0.6) is 0 Å². The molecule has 0 radical (unpaired) electrons. The highest BCUT2D eigenvalue weighted by atomic mass is 16.3. The Kier molecular flexibility index (Phi) is 5.22. The average Bonchev–Trinajstić information content (AvgIpc) is 2.83. The van der Waals surface area contributed by atoms with Gasteiger partial charge in [-0.2, -0.15) is 0 Å². The van der Waals surface area contributed by atoms with Crippen molar-refractivity contribution in [3.63, 3.8) is 0 Å². The first-order valence-corrected chi connectivity index (χ1v) is 7.79. The number of amides is 1. The van der Waals surface area contributed by atoms with Crippen LogP contribution >= 0.6 is 0 Å². The van der Waals surface area contributed by atoms with Crippen molar-refractivity contribution in [3.8, 4) is 0 Å². The maximum atomic E-state index is 12.1. The van der Waals surface area contributed by atoms with Crippen LogP contribution in [0.25, 0.3) is 0 Å². The van der Waals surface area contributed by atoms with Crippen LogP contribution in [0, 0.1) is 5.92 Å². The summed E-state index contributed by atoms with van der Waals surface area (Å²) in [5.41, 5.74) is 0.0105. The molecule has 19 heavy (non-hydrogen) atoms. The van der Waals surface area contributed by atoms with Crippen molar-refractivity contribution < 1.29 is 9.90 Å². The van der Waals surface area contributed by atoms with Crippen LogP contribution in [-0.4, -0.2) is 36.2 Å². The molecule has 2 rings (SSSR count). The van der Waals surface area contributed by atoms with Crippen molar-refractivity contribution >= 4 is 5.91 Å². The van der Waals surface area contributed by atoms with E-state index in [0.717, 1.165) is 32.1 Å². The molecule has 2 atom stereocenters. The molecule has 0 bridgehead atoms. The summed E-state index contributed by atoms with van der Waals surface area (Å²) in [7, 11) is 1.97. The summed E-state index contributed by atoms with van der Waals surface area (Å²) in [6, 6.07) is 0. The lowest BCUT2D eigenvalue weighted by Gasteiger charge is -2.36. The lowest BCUT2D eigenvalue weighted by Crippen LogP contribution is -2.48. The van der Waals surface area contributed by atoms with Crippen LogP contribution in [-0.2, 0) is 4.79 Å². The fraction of sp³-hybridized carbons (Fsp3) is 0.933. The Morgan fingerprint density at radius 1 is 1.21 bits per heavy atom. The van der Waals surface area contributed by atoms with Crippen molar-refractivity contribution in [3.05, 3.63) is 0 Å². The van der Waals surface area contributed by atoms with E-state index in [0.29, 0.717) is 13.0 Å². The van der Waals surface area contributed by atoms with Gasteiger partial charge in [0.15, 0.2) is 0 Å². The second kappa shape index (κ2) is 6.71. The molecular weight excluding hydrogens is 240 g/mol. The topological polar surface area (TPSA) is 61.4 Å². The van der Waals surface area contributed by atoms with Crippen molar-refractivity contribution in [2.75, 3.05) is 13.6 Å². The van der Waals surface area contributed by atoms with Crippen LogP contribution in [0.15, 0.2) is 0 Å². The molecule has 0 aromatic rings. The Labute approximate surface area is 116 Å². The highest BCUT2D eigenvalue weighted by Crippen LogP contribution is 2.31. The molecule has 0 spiro atoms. The second-order valence-electron chi connectivity index (χ2n) is 6.33. The van der Waals surface area contributed by atoms with E-state index in [4.69, 9.17) is 0 Å². The van der Waals surface area contributed by atoms with Gasteiger partial charge < -0.3 is 15.7 Å². The fourth-order valence-electron chi connectivity index (χ4n) is 3.61. The Hall–Kier alpha value is -0.610. The molecule has 0 heterocycles. The van der Waals surface area contributed by atoms with E-state index < -0.39 is 0 Å². The highest BCUT2D eigenvalue weighted by molar-refractivity contribution is 5.77. The molecule has 2 fully saturated rings. The van der Waals surface area contributed by atoms with Gasteiger partial charge in [-0.1, -0.05) is 25.7 Å². The minimum Gasteiger partial charge on any atom is -0.393 e. The predicted molar refractivity (Wildman–Crippen MR) is 75.9 cm³/mol. The lowest BCUT2D eigenvalue weighted by atomic mass is 9.79. The maximum absolute atomic E-state index is 12.1. The standard InChI is InChI=1S/C15H28N2O2/c1-16-15(8-3-2-4-9-15)10-14(19)17-11-12-6-5-7-13(12)18/h12-13,16,18H,2-11H2,1H3,(H,17,19). The van der Waals surface area contributed by atoms with Gasteiger partial charge in [-0.15, -0.1) is 0 Å². The lowest BCUT2D eigenvalue weighted by molar-refractivity contribution is -0.123. The summed E-state index contributed by atoms with van der Waals surface area (Å²) in [5.74, 6) is 0.399. The Morgan fingerprint density at radius 3 is 2.53 bits per heavy atom. The molecule has 4 heteroatoms. The van der Waals surface area contributed by atoms with E-state index in [1.165, 1.54) is 19.3 Å². The van der Waals surface area contributed by atoms with Gasteiger partial charge in [0.05, 0.1) is 6.10 Å². The molecule has 4 nitrogen and oxygen atoms in total. The first-order chi connectivity index (χ1) is 9.15. The number of nitrogens with one attached hydrogen (secondary N) is 2. The Morgan fingerprint density at radius 2 is 1.95 bits per heavy atom. The van der Waals surface area contributed by atoms with E-state index >= 15 is 0 Å². The van der Waals surface area contributed by atoms with E-state index in [9.17, 15) is 9.90 Å². The van der Waals surface area contributed by atoms with Crippen molar-refractivity contribution in [2.45, 2.75) is 69.4 Å². The molecule has 110 valence electrons. The molecule has 1 amide bonds. The zero-order chi connectivity index (χ0) is 13.7. The van der Waals surface area contributed by atoms with Crippen molar-refractivity contribution in [2.24, 2.45) is 5.92 Å². The van der Waals surface area contributed by atoms with E-state index in [1.54, 1.807) is 0 Å². The number of carbonyl (C=O) groups excluding carboxylic acids is 1. The third-order valence-corrected chi connectivity index (χ3v) is 5.02. The van der Waals surface area contributed by atoms with E-state index in [2.05, 4.69) is 10.6 Å². The van der Waals surface area contributed by atoms with Gasteiger partial charge in [-0.05, 0) is 32.7 Å². The summed E-state index contributed by atoms with van der Waals surface area (Å²) in [6.07, 6.45) is 9.30. The number of rotatable bonds is 5. The minimum absolute atomic E-state index is 0.0105. The quantitative estimate of drug-likeness (QED) is 0.709. The number of carbonyl (C=O) groups is 1. The summed E-state index contributed by atoms with van der Waals surface area (Å²) in [6.45, 7) is 0.639. The molecule has 0 aliphatic heterocycles. The van der Waals surface area contributed by atoms with E-state index in [-0.39, 0.29) is 23.5 Å². The normalized spacial score (nSPS) is 30.2. The fourth-order valence-corrected chi connectivity index (χ4v) is 3.61. The molecule has 2 aliphatic rings. The molecule has 2 saturated carbocycles. The summed E-state index contributed by atoms with van der Waals surface area (Å²) >= 11 is 0. The van der Waals surface area contributed by atoms with Gasteiger partial charge >= 0.3 is 0 Å². The number of aliphatic hydroxyl groups is 1. The first kappa shape index (κ1) is 14.8. The first-order valence-electron chi connectivity index (χ1n) is 7.79. The third-order valence-electron chi connectivity index (χ3n) is 5.02. The predicted octanol–water partition coefficient (Wildman–Crippen LogP) is 1.58. The number of hydrogen-bond acceptors (Lipinski definition) is 3.